The van der Waals surface area contributed by atoms with Gasteiger partial charge in [-0.15, -0.1) is 0 Å². The molecular formula is C21H29N3O2. The summed E-state index contributed by atoms with van der Waals surface area (Å²) in [4.78, 5) is 30.3. The van der Waals surface area contributed by atoms with E-state index in [1.54, 1.807) is 0 Å². The van der Waals surface area contributed by atoms with Crippen LogP contribution < -0.4 is 5.32 Å². The predicted molar refractivity (Wildman–Crippen MR) is 101 cm³/mol. The number of nitrogens with zero attached hydrogens (tertiary/aromatic N) is 2. The van der Waals surface area contributed by atoms with E-state index in [0.717, 1.165) is 51.9 Å². The molecule has 1 aromatic rings. The second-order valence-electron chi connectivity index (χ2n) is 8.25. The van der Waals surface area contributed by atoms with E-state index >= 15 is 0 Å². The Morgan fingerprint density at radius 1 is 1.04 bits per heavy atom. The third kappa shape index (κ3) is 3.02. The summed E-state index contributed by atoms with van der Waals surface area (Å²) in [6.07, 6.45) is 3.80. The number of nitrogens with one attached hydrogen (secondary N) is 1. The average Bonchev–Trinajstić information content (AvgIpc) is 3.23. The van der Waals surface area contributed by atoms with Crippen LogP contribution in [0.5, 0.6) is 0 Å². The lowest BCUT2D eigenvalue weighted by Crippen LogP contribution is -2.56. The second-order valence-corrected chi connectivity index (χ2v) is 8.25. The Labute approximate surface area is 155 Å². The predicted octanol–water partition coefficient (Wildman–Crippen LogP) is 2.14. The Bertz CT molecular complexity index is 663. The molecule has 1 aromatic carbocycles. The summed E-state index contributed by atoms with van der Waals surface area (Å²) >= 11 is 0. The number of rotatable bonds is 2. The summed E-state index contributed by atoms with van der Waals surface area (Å²) in [6.45, 7) is 6.45. The number of carbonyl (C=O) groups excluding carboxylic acids is 2. The molecule has 3 fully saturated rings. The molecule has 1 unspecified atom stereocenters. The van der Waals surface area contributed by atoms with E-state index in [9.17, 15) is 9.59 Å². The lowest BCUT2D eigenvalue weighted by Gasteiger charge is -2.38. The summed E-state index contributed by atoms with van der Waals surface area (Å²) < 4.78 is 0. The number of carbonyl (C=O) groups is 2. The maximum atomic E-state index is 13.5. The molecule has 3 aliphatic heterocycles. The normalized spacial score (nSPS) is 31.6. The molecule has 3 saturated heterocycles. The van der Waals surface area contributed by atoms with E-state index < -0.39 is 5.54 Å². The largest absolute Gasteiger partial charge is 0.341 e. The van der Waals surface area contributed by atoms with Crippen LogP contribution in [0.3, 0.4) is 0 Å². The second kappa shape index (κ2) is 7.03. The third-order valence-corrected chi connectivity index (χ3v) is 6.67. The van der Waals surface area contributed by atoms with Crippen molar-refractivity contribution in [1.29, 1.82) is 0 Å². The first kappa shape index (κ1) is 17.5. The van der Waals surface area contributed by atoms with Crippen LogP contribution >= 0.6 is 0 Å². The Balaban J connectivity index is 1.51. The van der Waals surface area contributed by atoms with Crippen LogP contribution in [0.4, 0.5) is 0 Å². The van der Waals surface area contributed by atoms with Crippen molar-refractivity contribution in [2.75, 3.05) is 32.7 Å². The Morgan fingerprint density at radius 3 is 2.35 bits per heavy atom. The number of fused-ring (bicyclic) bond motifs is 1. The van der Waals surface area contributed by atoms with Crippen LogP contribution in [0.25, 0.3) is 0 Å². The van der Waals surface area contributed by atoms with Gasteiger partial charge in [0.15, 0.2) is 0 Å². The number of benzene rings is 1. The van der Waals surface area contributed by atoms with Crippen molar-refractivity contribution in [3.63, 3.8) is 0 Å². The molecule has 0 aromatic heterocycles. The SMILES string of the molecule is CC1(C(=O)N2CC[C@@H]3CNC[C@@H]3CC2)CCCN1C(=O)c1ccccc1. The van der Waals surface area contributed by atoms with Gasteiger partial charge in [0.2, 0.25) is 5.91 Å². The van der Waals surface area contributed by atoms with Crippen molar-refractivity contribution >= 4 is 11.8 Å². The van der Waals surface area contributed by atoms with Crippen molar-refractivity contribution < 1.29 is 9.59 Å². The third-order valence-electron chi connectivity index (χ3n) is 6.67. The van der Waals surface area contributed by atoms with Crippen molar-refractivity contribution in [2.24, 2.45) is 11.8 Å². The zero-order chi connectivity index (χ0) is 18.1. The first-order chi connectivity index (χ1) is 12.6. The Morgan fingerprint density at radius 2 is 1.69 bits per heavy atom. The molecule has 0 radical (unpaired) electrons. The standard InChI is InChI=1S/C21H29N3O2/c1-21(10-5-11-24(21)19(25)16-6-3-2-4-7-16)20(26)23-12-8-17-14-22-15-18(17)9-13-23/h2-4,6-7,17-18,22H,5,8-15H2,1H3/t17-,18+,21?. The van der Waals surface area contributed by atoms with Gasteiger partial charge in [0, 0.05) is 25.2 Å². The van der Waals surface area contributed by atoms with Gasteiger partial charge in [0.1, 0.15) is 5.54 Å². The number of likely N-dealkylation sites (tertiary alicyclic amines) is 2. The van der Waals surface area contributed by atoms with Crippen LogP contribution in [0.1, 0.15) is 43.0 Å². The van der Waals surface area contributed by atoms with Gasteiger partial charge in [-0.25, -0.2) is 0 Å². The van der Waals surface area contributed by atoms with Gasteiger partial charge in [-0.3, -0.25) is 9.59 Å². The maximum absolute atomic E-state index is 13.5. The fourth-order valence-corrected chi connectivity index (χ4v) is 5.01. The lowest BCUT2D eigenvalue weighted by atomic mass is 9.92. The van der Waals surface area contributed by atoms with E-state index in [1.165, 1.54) is 0 Å². The fraction of sp³-hybridized carbons (Fsp3) is 0.619. The minimum absolute atomic E-state index is 0.0187. The van der Waals surface area contributed by atoms with Gasteiger partial charge >= 0.3 is 0 Å². The summed E-state index contributed by atoms with van der Waals surface area (Å²) in [7, 11) is 0. The Kier molecular flexibility index (Phi) is 4.74. The molecule has 5 nitrogen and oxygen atoms in total. The number of hydrogen-bond acceptors (Lipinski definition) is 3. The summed E-state index contributed by atoms with van der Waals surface area (Å²) in [5.74, 6) is 1.53. The average molecular weight is 355 g/mol. The quantitative estimate of drug-likeness (QED) is 0.884. The molecule has 2 amide bonds. The molecule has 3 atom stereocenters. The molecule has 4 rings (SSSR count). The first-order valence-corrected chi connectivity index (χ1v) is 9.97. The zero-order valence-electron chi connectivity index (χ0n) is 15.6. The number of hydrogen-bond donors (Lipinski definition) is 1. The minimum Gasteiger partial charge on any atom is -0.341 e. The van der Waals surface area contributed by atoms with Crippen LogP contribution in [-0.2, 0) is 4.79 Å². The van der Waals surface area contributed by atoms with E-state index in [-0.39, 0.29) is 11.8 Å². The topological polar surface area (TPSA) is 52.7 Å². The fourth-order valence-electron chi connectivity index (χ4n) is 5.01. The van der Waals surface area contributed by atoms with Crippen molar-refractivity contribution in [1.82, 2.24) is 15.1 Å². The van der Waals surface area contributed by atoms with Gasteiger partial charge in [-0.1, -0.05) is 18.2 Å². The number of amides is 2. The molecule has 1 N–H and O–H groups in total. The smallest absolute Gasteiger partial charge is 0.254 e. The van der Waals surface area contributed by atoms with Crippen molar-refractivity contribution in [2.45, 2.75) is 38.1 Å². The molecule has 0 spiro atoms. The molecule has 0 saturated carbocycles. The maximum Gasteiger partial charge on any atom is 0.254 e. The highest BCUT2D eigenvalue weighted by atomic mass is 16.2. The highest BCUT2D eigenvalue weighted by Crippen LogP contribution is 2.34. The lowest BCUT2D eigenvalue weighted by molar-refractivity contribution is -0.140. The van der Waals surface area contributed by atoms with Crippen molar-refractivity contribution in [3.05, 3.63) is 35.9 Å². The van der Waals surface area contributed by atoms with Gasteiger partial charge in [0.25, 0.3) is 5.91 Å². The highest BCUT2D eigenvalue weighted by molar-refractivity contribution is 5.99. The molecule has 140 valence electrons. The van der Waals surface area contributed by atoms with E-state index in [4.69, 9.17) is 0 Å². The van der Waals surface area contributed by atoms with Crippen LogP contribution in [0, 0.1) is 11.8 Å². The van der Waals surface area contributed by atoms with E-state index in [2.05, 4.69) is 5.32 Å². The van der Waals surface area contributed by atoms with Crippen LogP contribution in [0.15, 0.2) is 30.3 Å². The van der Waals surface area contributed by atoms with Crippen molar-refractivity contribution in [3.8, 4) is 0 Å². The highest BCUT2D eigenvalue weighted by Gasteiger charge is 2.48. The van der Waals surface area contributed by atoms with Gasteiger partial charge < -0.3 is 15.1 Å². The first-order valence-electron chi connectivity index (χ1n) is 9.97. The molecule has 3 aliphatic rings. The summed E-state index contributed by atoms with van der Waals surface area (Å²) in [5, 5.41) is 3.48. The van der Waals surface area contributed by atoms with Crippen LogP contribution in [0.2, 0.25) is 0 Å². The van der Waals surface area contributed by atoms with Gasteiger partial charge in [0.05, 0.1) is 0 Å². The summed E-state index contributed by atoms with van der Waals surface area (Å²) in [6, 6.07) is 9.35. The molecule has 0 aliphatic carbocycles. The summed E-state index contributed by atoms with van der Waals surface area (Å²) in [5.41, 5.74) is -0.0325. The molecule has 3 heterocycles. The Hall–Kier alpha value is -1.88. The monoisotopic (exact) mass is 355 g/mol. The minimum atomic E-state index is -0.704. The molecular weight excluding hydrogens is 326 g/mol. The molecule has 5 heteroatoms. The molecule has 0 bridgehead atoms. The van der Waals surface area contributed by atoms with Gasteiger partial charge in [-0.2, -0.15) is 0 Å². The van der Waals surface area contributed by atoms with E-state index in [0.29, 0.717) is 23.9 Å². The van der Waals surface area contributed by atoms with Gasteiger partial charge in [-0.05, 0) is 69.7 Å². The van der Waals surface area contributed by atoms with E-state index in [1.807, 2.05) is 47.1 Å². The molecule has 26 heavy (non-hydrogen) atoms. The zero-order valence-corrected chi connectivity index (χ0v) is 15.6. The van der Waals surface area contributed by atoms with Crippen LogP contribution in [-0.4, -0.2) is 59.9 Å².